The molecule has 0 saturated carbocycles. The van der Waals surface area contributed by atoms with Crippen molar-refractivity contribution in [2.45, 2.75) is 39.2 Å². The van der Waals surface area contributed by atoms with Gasteiger partial charge in [0.2, 0.25) is 0 Å². The topological polar surface area (TPSA) is 26.1 Å². The van der Waals surface area contributed by atoms with Crippen LogP contribution in [0.4, 0.5) is 0 Å². The molecule has 2 rings (SSSR count). The quantitative estimate of drug-likeness (QED) is 0.578. The van der Waals surface area contributed by atoms with Crippen LogP contribution in [0.5, 0.6) is 0 Å². The van der Waals surface area contributed by atoms with Gasteiger partial charge in [0.05, 0.1) is 0 Å². The molecule has 1 aliphatic heterocycles. The Morgan fingerprint density at radius 3 is 2.44 bits per heavy atom. The predicted octanol–water partition coefficient (Wildman–Crippen LogP) is 4.27. The molecule has 0 N–H and O–H groups in total. The van der Waals surface area contributed by atoms with Gasteiger partial charge < -0.3 is 5.21 Å². The van der Waals surface area contributed by atoms with Crippen LogP contribution < -0.4 is 0 Å². The normalized spacial score (nSPS) is 19.4. The van der Waals surface area contributed by atoms with Crippen LogP contribution in [-0.2, 0) is 0 Å². The first kappa shape index (κ1) is 13.2. The molecule has 1 aromatic carbocycles. The zero-order chi connectivity index (χ0) is 13.3. The summed E-state index contributed by atoms with van der Waals surface area (Å²) in [6.45, 7) is 5.97. The molecular formula is C15H18ClNO. The summed E-state index contributed by atoms with van der Waals surface area (Å²) in [5, 5.41) is 12.9. The van der Waals surface area contributed by atoms with Gasteiger partial charge in [-0.25, -0.2) is 4.74 Å². The fraction of sp³-hybridized carbons (Fsp3) is 0.400. The van der Waals surface area contributed by atoms with Gasteiger partial charge in [0.25, 0.3) is 0 Å². The van der Waals surface area contributed by atoms with Gasteiger partial charge in [-0.3, -0.25) is 0 Å². The van der Waals surface area contributed by atoms with Crippen molar-refractivity contribution in [1.82, 2.24) is 0 Å². The Morgan fingerprint density at radius 2 is 1.94 bits per heavy atom. The van der Waals surface area contributed by atoms with Crippen LogP contribution in [0.15, 0.2) is 29.8 Å². The van der Waals surface area contributed by atoms with Crippen LogP contribution in [0.3, 0.4) is 0 Å². The third-order valence-electron chi connectivity index (χ3n) is 3.48. The average Bonchev–Trinajstić information content (AvgIpc) is 2.58. The fourth-order valence-electron chi connectivity index (χ4n) is 2.24. The number of benzene rings is 1. The standard InChI is InChI=1S/C15H18ClNO/c1-11(10-12-4-6-13(16)7-5-12)14-8-9-15(2,3)17(14)18/h4-7,10H,8-9H2,1-3H3/b11-10+. The SMILES string of the molecule is C/C(=C\c1ccc(Cl)cc1)C1=[N+]([O-])C(C)(C)CC1. The van der Waals surface area contributed by atoms with Gasteiger partial charge in [-0.15, -0.1) is 0 Å². The van der Waals surface area contributed by atoms with Gasteiger partial charge in [0.15, 0.2) is 11.3 Å². The maximum absolute atomic E-state index is 12.1. The number of hydroxylamine groups is 1. The number of allylic oxidation sites excluding steroid dienone is 1. The number of halogens is 1. The van der Waals surface area contributed by atoms with E-state index in [9.17, 15) is 5.21 Å². The summed E-state index contributed by atoms with van der Waals surface area (Å²) in [7, 11) is 0. The number of nitrogens with zero attached hydrogens (tertiary/aromatic N) is 1. The van der Waals surface area contributed by atoms with Crippen LogP contribution in [0.1, 0.15) is 39.2 Å². The van der Waals surface area contributed by atoms with Gasteiger partial charge in [-0.1, -0.05) is 23.7 Å². The highest BCUT2D eigenvalue weighted by atomic mass is 35.5. The molecule has 0 saturated heterocycles. The van der Waals surface area contributed by atoms with E-state index in [1.807, 2.05) is 51.1 Å². The van der Waals surface area contributed by atoms with Gasteiger partial charge in [-0.2, -0.15) is 0 Å². The Morgan fingerprint density at radius 1 is 1.33 bits per heavy atom. The van der Waals surface area contributed by atoms with Crippen LogP contribution in [0.2, 0.25) is 5.02 Å². The smallest absolute Gasteiger partial charge is 0.190 e. The lowest BCUT2D eigenvalue weighted by Gasteiger charge is -2.18. The Labute approximate surface area is 113 Å². The molecular weight excluding hydrogens is 246 g/mol. The largest absolute Gasteiger partial charge is 0.623 e. The molecule has 1 heterocycles. The Hall–Kier alpha value is -1.28. The zero-order valence-electron chi connectivity index (χ0n) is 11.0. The first-order chi connectivity index (χ1) is 8.40. The van der Waals surface area contributed by atoms with Crippen molar-refractivity contribution in [3.05, 3.63) is 45.6 Å². The van der Waals surface area contributed by atoms with Crippen molar-refractivity contribution in [3.8, 4) is 0 Å². The predicted molar refractivity (Wildman–Crippen MR) is 77.1 cm³/mol. The van der Waals surface area contributed by atoms with Crippen molar-refractivity contribution in [2.75, 3.05) is 0 Å². The minimum Gasteiger partial charge on any atom is -0.623 e. The van der Waals surface area contributed by atoms with E-state index in [1.54, 1.807) is 0 Å². The second-order valence-corrected chi connectivity index (χ2v) is 5.87. The number of rotatable bonds is 2. The molecule has 0 spiro atoms. The van der Waals surface area contributed by atoms with Gasteiger partial charge in [0, 0.05) is 37.3 Å². The van der Waals surface area contributed by atoms with Crippen molar-refractivity contribution >= 4 is 23.4 Å². The molecule has 18 heavy (non-hydrogen) atoms. The van der Waals surface area contributed by atoms with Crippen molar-refractivity contribution in [1.29, 1.82) is 0 Å². The average molecular weight is 264 g/mol. The van der Waals surface area contributed by atoms with E-state index in [-0.39, 0.29) is 5.54 Å². The molecule has 0 atom stereocenters. The summed E-state index contributed by atoms with van der Waals surface area (Å²) < 4.78 is 1.16. The molecule has 2 nitrogen and oxygen atoms in total. The van der Waals surface area contributed by atoms with Crippen LogP contribution in [0, 0.1) is 5.21 Å². The molecule has 3 heteroatoms. The maximum atomic E-state index is 12.1. The summed E-state index contributed by atoms with van der Waals surface area (Å²) >= 11 is 5.85. The van der Waals surface area contributed by atoms with Crippen molar-refractivity contribution in [2.24, 2.45) is 0 Å². The van der Waals surface area contributed by atoms with Crippen molar-refractivity contribution < 1.29 is 4.74 Å². The highest BCUT2D eigenvalue weighted by Crippen LogP contribution is 2.27. The summed E-state index contributed by atoms with van der Waals surface area (Å²) in [6, 6.07) is 7.64. The third-order valence-corrected chi connectivity index (χ3v) is 3.73. The lowest BCUT2D eigenvalue weighted by molar-refractivity contribution is -0.530. The van der Waals surface area contributed by atoms with E-state index in [2.05, 4.69) is 0 Å². The fourth-order valence-corrected chi connectivity index (χ4v) is 2.37. The maximum Gasteiger partial charge on any atom is 0.190 e. The van der Waals surface area contributed by atoms with Crippen LogP contribution in [-0.4, -0.2) is 16.0 Å². The van der Waals surface area contributed by atoms with E-state index in [0.29, 0.717) is 0 Å². The van der Waals surface area contributed by atoms with Crippen LogP contribution in [0.25, 0.3) is 6.08 Å². The lowest BCUT2D eigenvalue weighted by atomic mass is 10.0. The van der Waals surface area contributed by atoms with Gasteiger partial charge >= 0.3 is 0 Å². The molecule has 0 radical (unpaired) electrons. The lowest BCUT2D eigenvalue weighted by Crippen LogP contribution is -2.29. The Bertz CT molecular complexity index is 512. The summed E-state index contributed by atoms with van der Waals surface area (Å²) in [6.07, 6.45) is 3.81. The van der Waals surface area contributed by atoms with E-state index in [4.69, 9.17) is 11.6 Å². The molecule has 0 aliphatic carbocycles. The molecule has 0 unspecified atom stereocenters. The molecule has 96 valence electrons. The minimum absolute atomic E-state index is 0.273. The minimum atomic E-state index is -0.273. The Balaban J connectivity index is 2.30. The van der Waals surface area contributed by atoms with E-state index in [1.165, 1.54) is 0 Å². The highest BCUT2D eigenvalue weighted by molar-refractivity contribution is 6.30. The summed E-state index contributed by atoms with van der Waals surface area (Å²) in [5.74, 6) is 0. The molecule has 0 bridgehead atoms. The molecule has 0 fully saturated rings. The van der Waals surface area contributed by atoms with Crippen LogP contribution >= 0.6 is 11.6 Å². The highest BCUT2D eigenvalue weighted by Gasteiger charge is 2.36. The summed E-state index contributed by atoms with van der Waals surface area (Å²) in [4.78, 5) is 0. The molecule has 0 aromatic heterocycles. The zero-order valence-corrected chi connectivity index (χ0v) is 11.8. The number of hydrogen-bond donors (Lipinski definition) is 0. The number of hydrogen-bond acceptors (Lipinski definition) is 1. The first-order valence-corrected chi connectivity index (χ1v) is 6.55. The second-order valence-electron chi connectivity index (χ2n) is 5.43. The molecule has 0 amide bonds. The monoisotopic (exact) mass is 263 g/mol. The van der Waals surface area contributed by atoms with E-state index < -0.39 is 0 Å². The summed E-state index contributed by atoms with van der Waals surface area (Å²) in [5.41, 5.74) is 2.74. The third kappa shape index (κ3) is 2.59. The molecule has 1 aromatic rings. The Kier molecular flexibility index (Phi) is 3.49. The van der Waals surface area contributed by atoms with Gasteiger partial charge in [-0.05, 0) is 30.7 Å². The van der Waals surface area contributed by atoms with Gasteiger partial charge in [0.1, 0.15) is 0 Å². The van der Waals surface area contributed by atoms with Crippen molar-refractivity contribution in [3.63, 3.8) is 0 Å². The second kappa shape index (κ2) is 4.77. The van der Waals surface area contributed by atoms with E-state index >= 15 is 0 Å². The first-order valence-electron chi connectivity index (χ1n) is 6.17. The molecule has 1 aliphatic rings. The van der Waals surface area contributed by atoms with E-state index in [0.717, 1.165) is 39.5 Å².